The normalized spacial score (nSPS) is 28.7. The summed E-state index contributed by atoms with van der Waals surface area (Å²) in [6.07, 6.45) is 2.40. The molecule has 0 bridgehead atoms. The summed E-state index contributed by atoms with van der Waals surface area (Å²) in [5.41, 5.74) is 2.08. The summed E-state index contributed by atoms with van der Waals surface area (Å²) in [7, 11) is 1.10. The van der Waals surface area contributed by atoms with Crippen LogP contribution in [-0.2, 0) is 23.9 Å². The number of benzene rings is 1. The number of methoxy groups -OCH3 is 1. The molecule has 33 heavy (non-hydrogen) atoms. The summed E-state index contributed by atoms with van der Waals surface area (Å²) in [5, 5.41) is 10.6. The summed E-state index contributed by atoms with van der Waals surface area (Å²) in [6.45, 7) is 1.58. The molecule has 3 amide bonds. The highest BCUT2D eigenvalue weighted by Crippen LogP contribution is 2.56. The number of hydrogen-bond acceptors (Lipinski definition) is 7. The first kappa shape index (κ1) is 21.1. The molecule has 0 saturated carbocycles. The lowest BCUT2D eigenvalue weighted by Crippen LogP contribution is -2.40. The van der Waals surface area contributed by atoms with Gasteiger partial charge in [0.25, 0.3) is 0 Å². The Bertz CT molecular complexity index is 1250. The standard InChI is InChI=1S/C25H21NO7/c1-11-9-18(28)16-10-15-12(19(21(16)22(11)29)13-5-3-4-6-17(13)27)7-8-14-20(15)24(31)26(23(14)30)25(32)33-2/h3-7,9,14-15,19-20,27H,8,10H2,1-2H3/t14-,15+,19+,20-/m0/s1. The minimum Gasteiger partial charge on any atom is -0.508 e. The van der Waals surface area contributed by atoms with Crippen molar-refractivity contribution in [2.75, 3.05) is 7.11 Å². The first-order chi connectivity index (χ1) is 15.8. The van der Waals surface area contributed by atoms with Gasteiger partial charge in [0.15, 0.2) is 11.6 Å². The number of phenolic OH excluding ortho intramolecular Hbond substituents is 1. The zero-order valence-electron chi connectivity index (χ0n) is 18.0. The predicted molar refractivity (Wildman–Crippen MR) is 114 cm³/mol. The minimum atomic E-state index is -1.03. The number of rotatable bonds is 1. The van der Waals surface area contributed by atoms with Gasteiger partial charge < -0.3 is 9.84 Å². The van der Waals surface area contributed by atoms with Gasteiger partial charge >= 0.3 is 6.09 Å². The fourth-order valence-electron chi connectivity index (χ4n) is 5.72. The van der Waals surface area contributed by atoms with Gasteiger partial charge in [0.05, 0.1) is 18.9 Å². The van der Waals surface area contributed by atoms with Crippen molar-refractivity contribution in [2.24, 2.45) is 17.8 Å². The van der Waals surface area contributed by atoms with E-state index < -0.39 is 41.6 Å². The van der Waals surface area contributed by atoms with Crippen molar-refractivity contribution in [1.29, 1.82) is 0 Å². The van der Waals surface area contributed by atoms with Crippen LogP contribution in [0.5, 0.6) is 5.75 Å². The number of aromatic hydroxyl groups is 1. The van der Waals surface area contributed by atoms with E-state index in [9.17, 15) is 29.1 Å². The summed E-state index contributed by atoms with van der Waals surface area (Å²) in [5.74, 6) is -4.79. The second kappa shape index (κ2) is 7.37. The average Bonchev–Trinajstić information content (AvgIpc) is 3.06. The molecule has 1 aliphatic heterocycles. The monoisotopic (exact) mass is 447 g/mol. The highest BCUT2D eigenvalue weighted by atomic mass is 16.5. The molecule has 1 saturated heterocycles. The number of Topliss-reactive ketones (excluding diaryl/α,β-unsaturated/α-hetero) is 1. The quantitative estimate of drug-likeness (QED) is 0.399. The van der Waals surface area contributed by atoms with Crippen LogP contribution < -0.4 is 0 Å². The summed E-state index contributed by atoms with van der Waals surface area (Å²) in [6, 6.07) is 6.58. The number of allylic oxidation sites excluding steroid dienone is 6. The maximum atomic E-state index is 13.2. The molecule has 1 aromatic carbocycles. The van der Waals surface area contributed by atoms with E-state index >= 15 is 0 Å². The Hall–Kier alpha value is -3.81. The van der Waals surface area contributed by atoms with Crippen LogP contribution >= 0.6 is 0 Å². The maximum absolute atomic E-state index is 13.2. The van der Waals surface area contributed by atoms with Crippen molar-refractivity contribution < 1.29 is 33.8 Å². The molecule has 168 valence electrons. The van der Waals surface area contributed by atoms with E-state index in [2.05, 4.69) is 4.74 Å². The molecule has 0 radical (unpaired) electrons. The number of phenols is 1. The summed E-state index contributed by atoms with van der Waals surface area (Å²) >= 11 is 0. The maximum Gasteiger partial charge on any atom is 0.423 e. The van der Waals surface area contributed by atoms with Crippen LogP contribution in [0.15, 0.2) is 58.7 Å². The highest BCUT2D eigenvalue weighted by molar-refractivity contribution is 6.24. The Labute approximate surface area is 189 Å². The minimum absolute atomic E-state index is 0.0320. The van der Waals surface area contributed by atoms with Crippen molar-refractivity contribution in [3.05, 3.63) is 64.3 Å². The Balaban J connectivity index is 1.69. The molecular formula is C25H21NO7. The second-order valence-electron chi connectivity index (χ2n) is 8.77. The van der Waals surface area contributed by atoms with E-state index in [-0.39, 0.29) is 30.2 Å². The molecule has 8 nitrogen and oxygen atoms in total. The third-order valence-corrected chi connectivity index (χ3v) is 7.17. The zero-order valence-corrected chi connectivity index (χ0v) is 18.0. The molecule has 1 N–H and O–H groups in total. The van der Waals surface area contributed by atoms with Gasteiger partial charge in [0.2, 0.25) is 11.8 Å². The van der Waals surface area contributed by atoms with Crippen LogP contribution in [0.2, 0.25) is 0 Å². The summed E-state index contributed by atoms with van der Waals surface area (Å²) < 4.78 is 4.63. The van der Waals surface area contributed by atoms with E-state index in [1.807, 2.05) is 6.08 Å². The van der Waals surface area contributed by atoms with Crippen molar-refractivity contribution in [1.82, 2.24) is 4.90 Å². The Morgan fingerprint density at radius 1 is 1.09 bits per heavy atom. The van der Waals surface area contributed by atoms with Gasteiger partial charge in [-0.05, 0) is 37.8 Å². The lowest BCUT2D eigenvalue weighted by Gasteiger charge is -2.42. The molecule has 4 atom stereocenters. The SMILES string of the molecule is COC(=O)N1C(=O)[C@H]2[C@H](CC=C3[C@H](c4ccccc4O)C4=C(C[C@H]32)C(=O)C=C(C)C4=O)C1=O. The second-order valence-corrected chi connectivity index (χ2v) is 8.77. The number of carbonyl (C=O) groups is 5. The van der Waals surface area contributed by atoms with E-state index in [4.69, 9.17) is 0 Å². The molecular weight excluding hydrogens is 426 g/mol. The number of para-hydroxylation sites is 1. The molecule has 1 fully saturated rings. The largest absolute Gasteiger partial charge is 0.508 e. The summed E-state index contributed by atoms with van der Waals surface area (Å²) in [4.78, 5) is 64.9. The van der Waals surface area contributed by atoms with E-state index in [0.717, 1.165) is 7.11 Å². The lowest BCUT2D eigenvalue weighted by molar-refractivity contribution is -0.137. The number of amides is 3. The third-order valence-electron chi connectivity index (χ3n) is 7.17. The molecule has 3 aliphatic carbocycles. The van der Waals surface area contributed by atoms with Crippen LogP contribution in [0.25, 0.3) is 0 Å². The average molecular weight is 447 g/mol. The zero-order chi connectivity index (χ0) is 23.6. The van der Waals surface area contributed by atoms with Crippen molar-refractivity contribution in [3.63, 3.8) is 0 Å². The molecule has 4 aliphatic rings. The number of likely N-dealkylation sites (tertiary alicyclic amines) is 1. The number of imide groups is 3. The number of hydrogen-bond donors (Lipinski definition) is 1. The Kier molecular flexibility index (Phi) is 4.70. The van der Waals surface area contributed by atoms with Crippen molar-refractivity contribution in [2.45, 2.75) is 25.7 Å². The third kappa shape index (κ3) is 2.86. The van der Waals surface area contributed by atoms with Crippen molar-refractivity contribution >= 4 is 29.5 Å². The van der Waals surface area contributed by atoms with Crippen LogP contribution in [0.3, 0.4) is 0 Å². The topological polar surface area (TPSA) is 118 Å². The number of nitrogens with zero attached hydrogens (tertiary/aromatic N) is 1. The van der Waals surface area contributed by atoms with Gasteiger partial charge in [0.1, 0.15) is 5.75 Å². The van der Waals surface area contributed by atoms with Gasteiger partial charge in [0, 0.05) is 28.2 Å². The fourth-order valence-corrected chi connectivity index (χ4v) is 5.72. The molecule has 0 spiro atoms. The number of ether oxygens (including phenoxy) is 1. The van der Waals surface area contributed by atoms with Crippen molar-refractivity contribution in [3.8, 4) is 5.75 Å². The van der Waals surface area contributed by atoms with Crippen LogP contribution in [0, 0.1) is 17.8 Å². The molecule has 0 unspecified atom stereocenters. The molecule has 5 rings (SSSR count). The smallest absolute Gasteiger partial charge is 0.423 e. The predicted octanol–water partition coefficient (Wildman–Crippen LogP) is 2.59. The van der Waals surface area contributed by atoms with Gasteiger partial charge in [-0.2, -0.15) is 4.90 Å². The molecule has 1 aromatic rings. The lowest BCUT2D eigenvalue weighted by atomic mass is 9.59. The first-order valence-electron chi connectivity index (χ1n) is 10.7. The number of fused-ring (bicyclic) bond motifs is 3. The van der Waals surface area contributed by atoms with Crippen LogP contribution in [0.1, 0.15) is 31.2 Å². The molecule has 8 heteroatoms. The van der Waals surface area contributed by atoms with Gasteiger partial charge in [-0.15, -0.1) is 0 Å². The molecule has 0 aromatic heterocycles. The number of carbonyl (C=O) groups excluding carboxylic acids is 5. The first-order valence-corrected chi connectivity index (χ1v) is 10.7. The van der Waals surface area contributed by atoms with Crippen LogP contribution in [0.4, 0.5) is 4.79 Å². The van der Waals surface area contributed by atoms with Gasteiger partial charge in [-0.3, -0.25) is 19.2 Å². The van der Waals surface area contributed by atoms with E-state index in [0.29, 0.717) is 32.8 Å². The van der Waals surface area contributed by atoms with Gasteiger partial charge in [-0.1, -0.05) is 29.8 Å². The van der Waals surface area contributed by atoms with E-state index in [1.165, 1.54) is 12.1 Å². The number of ketones is 2. The highest BCUT2D eigenvalue weighted by Gasteiger charge is 2.58. The van der Waals surface area contributed by atoms with E-state index in [1.54, 1.807) is 25.1 Å². The fraction of sp³-hybridized carbons (Fsp3) is 0.320. The molecule has 1 heterocycles. The van der Waals surface area contributed by atoms with Crippen LogP contribution in [-0.4, -0.2) is 46.6 Å². The Morgan fingerprint density at radius 2 is 1.82 bits per heavy atom. The van der Waals surface area contributed by atoms with Gasteiger partial charge in [-0.25, -0.2) is 4.79 Å². The Morgan fingerprint density at radius 3 is 2.52 bits per heavy atom.